The monoisotopic (exact) mass is 759 g/mol. The van der Waals surface area contributed by atoms with E-state index in [2.05, 4.69) is 17.0 Å². The zero-order chi connectivity index (χ0) is 37.9. The molecule has 4 atom stereocenters. The van der Waals surface area contributed by atoms with Crippen molar-refractivity contribution < 1.29 is 37.1 Å². The summed E-state index contributed by atoms with van der Waals surface area (Å²) in [6.45, 7) is 4.04. The number of benzene rings is 1. The molecule has 1 aliphatic rings. The van der Waals surface area contributed by atoms with Gasteiger partial charge >= 0.3 is 7.82 Å². The molecule has 294 valence electrons. The summed E-state index contributed by atoms with van der Waals surface area (Å²) in [4.78, 5) is 14.6. The molecule has 3 aromatic rings. The van der Waals surface area contributed by atoms with Gasteiger partial charge in [-0.05, 0) is 50.5 Å². The van der Waals surface area contributed by atoms with Crippen LogP contribution >= 0.6 is 7.82 Å². The van der Waals surface area contributed by atoms with E-state index in [0.29, 0.717) is 30.8 Å². The fourth-order valence-electron chi connectivity index (χ4n) is 6.62. The first-order valence-corrected chi connectivity index (χ1v) is 20.9. The second kappa shape index (κ2) is 22.3. The number of nitrogen functional groups attached to an aromatic ring is 1. The van der Waals surface area contributed by atoms with E-state index in [1.807, 2.05) is 19.1 Å². The van der Waals surface area contributed by atoms with Crippen LogP contribution in [0.5, 0.6) is 5.75 Å². The van der Waals surface area contributed by atoms with E-state index in [1.54, 1.807) is 10.6 Å². The predicted octanol–water partition coefficient (Wildman–Crippen LogP) is 9.40. The third-order valence-corrected chi connectivity index (χ3v) is 10.7. The molecule has 0 amide bonds. The van der Waals surface area contributed by atoms with E-state index in [1.165, 1.54) is 95.5 Å². The summed E-state index contributed by atoms with van der Waals surface area (Å²) in [6.07, 6.45) is 20.5. The van der Waals surface area contributed by atoms with Crippen LogP contribution in [0, 0.1) is 17.1 Å². The quantitative estimate of drug-likeness (QED) is 0.0562. The molecule has 1 aromatic carbocycles. The Kier molecular flexibility index (Phi) is 17.9. The molecule has 1 fully saturated rings. The van der Waals surface area contributed by atoms with E-state index in [0.717, 1.165) is 31.0 Å². The molecule has 0 spiro atoms. The number of hydrogen-bond acceptors (Lipinski definition) is 10. The highest BCUT2D eigenvalue weighted by Gasteiger charge is 2.40. The maximum Gasteiger partial charge on any atom is 0.472 e. The average molecular weight is 760 g/mol. The summed E-state index contributed by atoms with van der Waals surface area (Å²) in [5.41, 5.74) is 6.46. The lowest BCUT2D eigenvalue weighted by Crippen LogP contribution is -2.31. The van der Waals surface area contributed by atoms with Crippen LogP contribution < -0.4 is 10.5 Å². The van der Waals surface area contributed by atoms with Crippen molar-refractivity contribution in [2.24, 2.45) is 0 Å². The topological polar surface area (TPSA) is 163 Å². The Labute approximate surface area is 314 Å². The van der Waals surface area contributed by atoms with Gasteiger partial charge in [0, 0.05) is 12.7 Å². The van der Waals surface area contributed by atoms with Crippen molar-refractivity contribution in [2.75, 3.05) is 32.2 Å². The zero-order valence-electron chi connectivity index (χ0n) is 31.6. The van der Waals surface area contributed by atoms with Crippen molar-refractivity contribution >= 4 is 19.2 Å². The number of unbranched alkanes of at least 4 members (excludes halogenated alkanes) is 14. The summed E-state index contributed by atoms with van der Waals surface area (Å²) in [5, 5.41) is 13.4. The number of halogens is 1. The summed E-state index contributed by atoms with van der Waals surface area (Å²) in [7, 11) is -4.55. The predicted molar refractivity (Wildman–Crippen MR) is 202 cm³/mol. The summed E-state index contributed by atoms with van der Waals surface area (Å²) < 4.78 is 57.7. The number of ether oxygens (including phenoxy) is 3. The van der Waals surface area contributed by atoms with Gasteiger partial charge in [-0.25, -0.2) is 18.5 Å². The van der Waals surface area contributed by atoms with Crippen molar-refractivity contribution in [2.45, 2.75) is 141 Å². The van der Waals surface area contributed by atoms with Gasteiger partial charge in [0.15, 0.2) is 5.82 Å². The van der Waals surface area contributed by atoms with Gasteiger partial charge < -0.3 is 24.8 Å². The molecule has 3 heterocycles. The summed E-state index contributed by atoms with van der Waals surface area (Å²) in [5.74, 6) is -0.232. The number of anilines is 1. The summed E-state index contributed by atoms with van der Waals surface area (Å²) in [6, 6.07) is 9.35. The Morgan fingerprint density at radius 2 is 1.68 bits per heavy atom. The number of aromatic nitrogens is 3. The normalized spacial score (nSPS) is 19.0. The smallest absolute Gasteiger partial charge is 0.472 e. The Balaban J connectivity index is 1.16. The molecular weight excluding hydrogens is 700 g/mol. The van der Waals surface area contributed by atoms with Gasteiger partial charge in [-0.15, -0.1) is 0 Å². The first-order valence-electron chi connectivity index (χ1n) is 19.4. The molecule has 0 saturated carbocycles. The minimum atomic E-state index is -4.55. The molecule has 1 saturated heterocycles. The van der Waals surface area contributed by atoms with Crippen LogP contribution in [0.4, 0.5) is 10.2 Å². The SMILES string of the molecule is CCCCCCCCCCCCCCCCCOC[C@H](COP(=O)(O)OC[C@]1(C)CC[C@H](c2ccc3c(N)ncnn23)O1)Oc1ccc(C#N)c(F)c1. The number of phosphoric ester groups is 1. The van der Waals surface area contributed by atoms with E-state index >= 15 is 0 Å². The fraction of sp³-hybridized carbons (Fsp3) is 0.667. The second-order valence-corrected chi connectivity index (χ2v) is 15.8. The Bertz CT molecular complexity index is 1620. The van der Waals surface area contributed by atoms with E-state index < -0.39 is 25.3 Å². The first kappa shape index (κ1) is 42.6. The van der Waals surface area contributed by atoms with Crippen molar-refractivity contribution in [3.05, 3.63) is 53.7 Å². The second-order valence-electron chi connectivity index (χ2n) is 14.4. The average Bonchev–Trinajstić information content (AvgIpc) is 3.76. The highest BCUT2D eigenvalue weighted by atomic mass is 31.2. The van der Waals surface area contributed by atoms with Crippen molar-refractivity contribution in [3.63, 3.8) is 0 Å². The third-order valence-electron chi connectivity index (χ3n) is 9.72. The Morgan fingerprint density at radius 3 is 2.32 bits per heavy atom. The maximum atomic E-state index is 14.3. The molecule has 0 radical (unpaired) electrons. The number of hydrogen-bond donors (Lipinski definition) is 2. The van der Waals surface area contributed by atoms with Gasteiger partial charge in [0.25, 0.3) is 0 Å². The number of phosphoric acid groups is 1. The van der Waals surface area contributed by atoms with Gasteiger partial charge in [0.2, 0.25) is 0 Å². The largest absolute Gasteiger partial charge is 0.485 e. The highest BCUT2D eigenvalue weighted by Crippen LogP contribution is 2.47. The van der Waals surface area contributed by atoms with Gasteiger partial charge in [-0.1, -0.05) is 96.8 Å². The van der Waals surface area contributed by atoms with E-state index in [4.69, 9.17) is 34.3 Å². The third kappa shape index (κ3) is 14.6. The van der Waals surface area contributed by atoms with Crippen LogP contribution in [0.2, 0.25) is 0 Å². The van der Waals surface area contributed by atoms with Crippen LogP contribution in [-0.2, 0) is 23.1 Å². The van der Waals surface area contributed by atoms with E-state index in [9.17, 15) is 13.8 Å². The van der Waals surface area contributed by atoms with Crippen LogP contribution in [0.1, 0.15) is 140 Å². The van der Waals surface area contributed by atoms with Gasteiger partial charge in [-0.2, -0.15) is 10.4 Å². The van der Waals surface area contributed by atoms with Crippen molar-refractivity contribution in [1.29, 1.82) is 5.26 Å². The molecule has 12 nitrogen and oxygen atoms in total. The van der Waals surface area contributed by atoms with Crippen molar-refractivity contribution in [1.82, 2.24) is 14.6 Å². The number of fused-ring (bicyclic) bond motifs is 1. The highest BCUT2D eigenvalue weighted by molar-refractivity contribution is 7.47. The minimum Gasteiger partial charge on any atom is -0.485 e. The number of rotatable bonds is 27. The van der Waals surface area contributed by atoms with Crippen LogP contribution in [0.15, 0.2) is 36.7 Å². The van der Waals surface area contributed by atoms with Crippen LogP contribution in [-0.4, -0.2) is 57.6 Å². The molecule has 0 aliphatic carbocycles. The molecule has 1 aliphatic heterocycles. The fourth-order valence-corrected chi connectivity index (χ4v) is 7.49. The Morgan fingerprint density at radius 1 is 1.02 bits per heavy atom. The minimum absolute atomic E-state index is 0.0437. The summed E-state index contributed by atoms with van der Waals surface area (Å²) >= 11 is 0. The van der Waals surface area contributed by atoms with Crippen LogP contribution in [0.3, 0.4) is 0 Å². The lowest BCUT2D eigenvalue weighted by molar-refractivity contribution is -0.0652. The van der Waals surface area contributed by atoms with E-state index in [-0.39, 0.29) is 37.2 Å². The molecule has 2 aromatic heterocycles. The number of nitriles is 1. The molecule has 3 N–H and O–H groups in total. The first-order chi connectivity index (χ1) is 25.6. The lowest BCUT2D eigenvalue weighted by Gasteiger charge is -2.26. The van der Waals surface area contributed by atoms with Gasteiger partial charge in [0.05, 0.1) is 36.7 Å². The van der Waals surface area contributed by atoms with Gasteiger partial charge in [0.1, 0.15) is 41.7 Å². The lowest BCUT2D eigenvalue weighted by atomic mass is 10.0. The van der Waals surface area contributed by atoms with Crippen LogP contribution in [0.25, 0.3) is 5.52 Å². The molecule has 53 heavy (non-hydrogen) atoms. The van der Waals surface area contributed by atoms with Gasteiger partial charge in [-0.3, -0.25) is 9.05 Å². The molecule has 1 unspecified atom stereocenters. The molecule has 14 heteroatoms. The molecular formula is C39H59FN5O7P. The van der Waals surface area contributed by atoms with Crippen molar-refractivity contribution in [3.8, 4) is 11.8 Å². The Hall–Kier alpha value is -3.11. The standard InChI is InChI=1S/C39H59FN5O7P/c1-3-4-5-6-7-8-9-10-11-12-13-14-15-16-17-24-48-27-33(51-32-19-18-31(26-41)34(40)25-32)28-49-53(46,47)50-29-39(2)23-22-37(52-39)35-20-21-36-38(42)43-30-44-45(35)36/h18-21,25,30,33,37H,3-17,22-24,27-29H2,1-2H3,(H,46,47)(H2,42,43,44)/t33-,37-,39+/m1/s1. The maximum absolute atomic E-state index is 14.3. The molecule has 4 rings (SSSR count). The molecule has 0 bridgehead atoms. The number of nitrogens with zero attached hydrogens (tertiary/aromatic N) is 4. The zero-order valence-corrected chi connectivity index (χ0v) is 32.5. The number of nitrogens with two attached hydrogens (primary N) is 1.